The minimum atomic E-state index is -0.670. The van der Waals surface area contributed by atoms with Gasteiger partial charge in [0.05, 0.1) is 12.5 Å². The average molecular weight is 286 g/mol. The van der Waals surface area contributed by atoms with E-state index in [-0.39, 0.29) is 18.1 Å². The Bertz CT molecular complexity index is 397. The molecule has 20 heavy (non-hydrogen) atoms. The van der Waals surface area contributed by atoms with Crippen molar-refractivity contribution in [1.29, 1.82) is 0 Å². The van der Waals surface area contributed by atoms with Crippen molar-refractivity contribution in [2.75, 3.05) is 13.8 Å². The van der Waals surface area contributed by atoms with Crippen LogP contribution in [0, 0.1) is 10.8 Å². The Kier molecular flexibility index (Phi) is 4.69. The summed E-state index contributed by atoms with van der Waals surface area (Å²) in [5.74, 6) is -0.314. The van der Waals surface area contributed by atoms with E-state index in [1.807, 2.05) is 13.8 Å². The second kappa shape index (κ2) is 5.60. The smallest absolute Gasteiger partial charge is 0.407 e. The van der Waals surface area contributed by atoms with Crippen molar-refractivity contribution in [3.8, 4) is 0 Å². The number of carbonyl (C=O) groups is 2. The number of carbonyl (C=O) groups excluding carboxylic acids is 2. The number of methoxy groups -OCH3 is 1. The first-order valence-electron chi connectivity index (χ1n) is 6.79. The van der Waals surface area contributed by atoms with E-state index in [1.54, 1.807) is 0 Å². The van der Waals surface area contributed by atoms with Crippen LogP contribution < -0.4 is 11.1 Å². The molecule has 1 aliphatic rings. The highest BCUT2D eigenvalue weighted by molar-refractivity contribution is 5.77. The molecule has 0 aliphatic heterocycles. The Morgan fingerprint density at radius 1 is 1.15 bits per heavy atom. The first-order valence-corrected chi connectivity index (χ1v) is 6.79. The van der Waals surface area contributed by atoms with Crippen LogP contribution in [0.1, 0.15) is 47.0 Å². The Balaban J connectivity index is 3.00. The average Bonchev–Trinajstić information content (AvgIpc) is 2.25. The molecule has 0 spiro atoms. The highest BCUT2D eigenvalue weighted by atomic mass is 16.5. The lowest BCUT2D eigenvalue weighted by Crippen LogP contribution is -2.57. The van der Waals surface area contributed by atoms with E-state index in [0.717, 1.165) is 6.42 Å². The van der Waals surface area contributed by atoms with Gasteiger partial charge in [-0.25, -0.2) is 4.79 Å². The molecule has 0 radical (unpaired) electrons. The molecule has 6 nitrogen and oxygen atoms in total. The number of hydrogen-bond donors (Lipinski definition) is 2. The zero-order valence-corrected chi connectivity index (χ0v) is 13.0. The van der Waals surface area contributed by atoms with E-state index in [0.29, 0.717) is 12.8 Å². The minimum Gasteiger partial charge on any atom is -0.453 e. The van der Waals surface area contributed by atoms with Gasteiger partial charge in [-0.1, -0.05) is 13.8 Å². The third-order valence-corrected chi connectivity index (χ3v) is 3.81. The van der Waals surface area contributed by atoms with Gasteiger partial charge in [0.25, 0.3) is 0 Å². The van der Waals surface area contributed by atoms with Gasteiger partial charge in [0.15, 0.2) is 0 Å². The standard InChI is InChI=1S/C14H26N2O4/c1-12(2)6-13(3,10(17)20-9-15)8-14(4,7-12)16-11(18)19-5/h6-9,15H2,1-5H3,(H,16,18). The van der Waals surface area contributed by atoms with Gasteiger partial charge in [-0.3, -0.25) is 10.5 Å². The maximum absolute atomic E-state index is 12.2. The molecule has 1 amide bonds. The normalized spacial score (nSPS) is 32.3. The third-order valence-electron chi connectivity index (χ3n) is 3.81. The van der Waals surface area contributed by atoms with Crippen LogP contribution in [0.2, 0.25) is 0 Å². The van der Waals surface area contributed by atoms with Gasteiger partial charge in [0.1, 0.15) is 6.73 Å². The van der Waals surface area contributed by atoms with Crippen molar-refractivity contribution in [2.45, 2.75) is 52.5 Å². The first-order chi connectivity index (χ1) is 9.06. The number of rotatable bonds is 3. The highest BCUT2D eigenvalue weighted by Crippen LogP contribution is 2.50. The molecular weight excluding hydrogens is 260 g/mol. The second-order valence-corrected chi connectivity index (χ2v) is 7.03. The molecule has 2 atom stereocenters. The Hall–Kier alpha value is -1.30. The molecule has 1 fully saturated rings. The van der Waals surface area contributed by atoms with Crippen LogP contribution in [0.5, 0.6) is 0 Å². The Labute approximate surface area is 120 Å². The largest absolute Gasteiger partial charge is 0.453 e. The Morgan fingerprint density at radius 3 is 2.25 bits per heavy atom. The zero-order chi connectivity index (χ0) is 15.6. The van der Waals surface area contributed by atoms with Crippen molar-refractivity contribution in [2.24, 2.45) is 16.6 Å². The number of ether oxygens (including phenoxy) is 2. The quantitative estimate of drug-likeness (QED) is 0.609. The summed E-state index contributed by atoms with van der Waals surface area (Å²) in [6.45, 7) is 7.83. The fraction of sp³-hybridized carbons (Fsp3) is 0.857. The van der Waals surface area contributed by atoms with E-state index in [1.165, 1.54) is 7.11 Å². The molecular formula is C14H26N2O4. The number of nitrogens with two attached hydrogens (primary N) is 1. The highest BCUT2D eigenvalue weighted by Gasteiger charge is 2.52. The molecule has 0 aromatic carbocycles. The van der Waals surface area contributed by atoms with Crippen molar-refractivity contribution < 1.29 is 19.1 Å². The van der Waals surface area contributed by atoms with Gasteiger partial charge in [0.2, 0.25) is 0 Å². The molecule has 1 aliphatic carbocycles. The van der Waals surface area contributed by atoms with E-state index >= 15 is 0 Å². The SMILES string of the molecule is COC(=O)NC1(C)CC(C)(C)CC(C)(C(=O)OCN)C1. The number of hydrogen-bond acceptors (Lipinski definition) is 5. The predicted molar refractivity (Wildman–Crippen MR) is 74.8 cm³/mol. The van der Waals surface area contributed by atoms with Crippen LogP contribution in [0.25, 0.3) is 0 Å². The molecule has 3 N–H and O–H groups in total. The Morgan fingerprint density at radius 2 is 1.75 bits per heavy atom. The fourth-order valence-corrected chi connectivity index (χ4v) is 3.94. The number of amides is 1. The lowest BCUT2D eigenvalue weighted by molar-refractivity contribution is -0.161. The van der Waals surface area contributed by atoms with Crippen molar-refractivity contribution in [1.82, 2.24) is 5.32 Å². The van der Waals surface area contributed by atoms with Crippen molar-refractivity contribution >= 4 is 12.1 Å². The van der Waals surface area contributed by atoms with Crippen LogP contribution in [-0.2, 0) is 14.3 Å². The maximum Gasteiger partial charge on any atom is 0.407 e. The number of alkyl carbamates (subject to hydrolysis) is 1. The van der Waals surface area contributed by atoms with Gasteiger partial charge in [-0.05, 0) is 38.5 Å². The number of esters is 1. The number of nitrogens with one attached hydrogen (secondary N) is 1. The summed E-state index contributed by atoms with van der Waals surface area (Å²) >= 11 is 0. The predicted octanol–water partition coefficient (Wildman–Crippen LogP) is 1.78. The van der Waals surface area contributed by atoms with Crippen LogP contribution in [0.15, 0.2) is 0 Å². The zero-order valence-electron chi connectivity index (χ0n) is 13.0. The molecule has 0 bridgehead atoms. The molecule has 2 unspecified atom stereocenters. The topological polar surface area (TPSA) is 90.6 Å². The van der Waals surface area contributed by atoms with Gasteiger partial charge in [-0.2, -0.15) is 0 Å². The minimum absolute atomic E-state index is 0.101. The first kappa shape index (κ1) is 16.8. The molecule has 6 heteroatoms. The van der Waals surface area contributed by atoms with E-state index in [4.69, 9.17) is 10.5 Å². The maximum atomic E-state index is 12.2. The van der Waals surface area contributed by atoms with Gasteiger partial charge in [0, 0.05) is 5.54 Å². The summed E-state index contributed by atoms with van der Waals surface area (Å²) in [7, 11) is 1.33. The third kappa shape index (κ3) is 3.85. The molecule has 0 heterocycles. The second-order valence-electron chi connectivity index (χ2n) is 7.03. The molecule has 116 valence electrons. The van der Waals surface area contributed by atoms with Gasteiger partial charge < -0.3 is 14.8 Å². The monoisotopic (exact) mass is 286 g/mol. The van der Waals surface area contributed by atoms with Crippen LogP contribution >= 0.6 is 0 Å². The molecule has 1 rings (SSSR count). The van der Waals surface area contributed by atoms with E-state index in [2.05, 4.69) is 23.9 Å². The molecule has 0 aromatic rings. The fourth-order valence-electron chi connectivity index (χ4n) is 3.94. The molecule has 0 aromatic heterocycles. The van der Waals surface area contributed by atoms with Crippen LogP contribution in [-0.4, -0.2) is 31.4 Å². The summed E-state index contributed by atoms with van der Waals surface area (Å²) in [6.07, 6.45) is 1.47. The summed E-state index contributed by atoms with van der Waals surface area (Å²) in [5, 5.41) is 2.85. The summed E-state index contributed by atoms with van der Waals surface area (Å²) in [4.78, 5) is 23.7. The van der Waals surface area contributed by atoms with Gasteiger partial charge >= 0.3 is 12.1 Å². The summed E-state index contributed by atoms with van der Waals surface area (Å²) in [5.41, 5.74) is 4.01. The lowest BCUT2D eigenvalue weighted by atomic mass is 9.58. The van der Waals surface area contributed by atoms with Crippen LogP contribution in [0.4, 0.5) is 4.79 Å². The lowest BCUT2D eigenvalue weighted by Gasteiger charge is -2.50. The summed E-state index contributed by atoms with van der Waals surface area (Å²) < 4.78 is 9.67. The molecule has 1 saturated carbocycles. The van der Waals surface area contributed by atoms with Crippen LogP contribution in [0.3, 0.4) is 0 Å². The van der Waals surface area contributed by atoms with Crippen molar-refractivity contribution in [3.63, 3.8) is 0 Å². The summed E-state index contributed by atoms with van der Waals surface area (Å²) in [6, 6.07) is 0. The van der Waals surface area contributed by atoms with E-state index < -0.39 is 17.0 Å². The van der Waals surface area contributed by atoms with Gasteiger partial charge in [-0.15, -0.1) is 0 Å². The van der Waals surface area contributed by atoms with Crippen molar-refractivity contribution in [3.05, 3.63) is 0 Å². The molecule has 0 saturated heterocycles. The van der Waals surface area contributed by atoms with E-state index in [9.17, 15) is 9.59 Å².